The molecule has 0 aromatic heterocycles. The van der Waals surface area contributed by atoms with E-state index in [4.69, 9.17) is 5.11 Å². The van der Waals surface area contributed by atoms with Crippen molar-refractivity contribution in [2.24, 2.45) is 5.92 Å². The average molecular weight is 250 g/mol. The van der Waals surface area contributed by atoms with Crippen molar-refractivity contribution in [2.75, 3.05) is 13.7 Å². The van der Waals surface area contributed by atoms with Gasteiger partial charge in [0.1, 0.15) is 0 Å². The number of aliphatic hydroxyl groups excluding tert-OH is 1. The Morgan fingerprint density at radius 3 is 2.38 bits per heavy atom. The van der Waals surface area contributed by atoms with Crippen molar-refractivity contribution in [3.63, 3.8) is 0 Å². The van der Waals surface area contributed by atoms with Crippen LogP contribution < -0.4 is 4.72 Å². The minimum atomic E-state index is -3.41. The zero-order valence-corrected chi connectivity index (χ0v) is 11.0. The summed E-state index contributed by atoms with van der Waals surface area (Å²) in [4.78, 5) is 0. The summed E-state index contributed by atoms with van der Waals surface area (Å²) in [7, 11) is -1.85. The largest absolute Gasteiger partial charge is 0.396 e. The zero-order chi connectivity index (χ0) is 12.3. The second kappa shape index (κ2) is 5.44. The summed E-state index contributed by atoms with van der Waals surface area (Å²) in [6.07, 6.45) is 2.60. The number of hydrogen-bond acceptors (Lipinski definition) is 3. The first-order valence-electron chi connectivity index (χ1n) is 5.74. The van der Waals surface area contributed by atoms with E-state index in [9.17, 15) is 8.42 Å². The van der Waals surface area contributed by atoms with Gasteiger partial charge in [-0.25, -0.2) is 0 Å². The molecule has 1 fully saturated rings. The Morgan fingerprint density at radius 2 is 2.00 bits per heavy atom. The minimum Gasteiger partial charge on any atom is -0.396 e. The molecule has 5 nitrogen and oxygen atoms in total. The highest BCUT2D eigenvalue weighted by Gasteiger charge is 2.34. The van der Waals surface area contributed by atoms with Crippen LogP contribution in [-0.4, -0.2) is 43.6 Å². The Morgan fingerprint density at radius 1 is 1.44 bits per heavy atom. The lowest BCUT2D eigenvalue weighted by molar-refractivity contribution is 0.263. The average Bonchev–Trinajstić information content (AvgIpc) is 2.98. The van der Waals surface area contributed by atoms with Gasteiger partial charge in [0.15, 0.2) is 0 Å². The Labute approximate surface area is 98.0 Å². The summed E-state index contributed by atoms with van der Waals surface area (Å²) in [6, 6.07) is -0.178. The van der Waals surface area contributed by atoms with Crippen LogP contribution in [0.4, 0.5) is 0 Å². The second-order valence-electron chi connectivity index (χ2n) is 4.69. The molecule has 1 saturated carbocycles. The molecule has 1 rings (SSSR count). The predicted molar refractivity (Wildman–Crippen MR) is 63.2 cm³/mol. The minimum absolute atomic E-state index is 0.0229. The normalized spacial score (nSPS) is 19.4. The van der Waals surface area contributed by atoms with Crippen LogP contribution in [0.5, 0.6) is 0 Å². The third-order valence-corrected chi connectivity index (χ3v) is 4.82. The van der Waals surface area contributed by atoms with Crippen molar-refractivity contribution in [3.8, 4) is 0 Å². The van der Waals surface area contributed by atoms with Gasteiger partial charge in [-0.15, -0.1) is 0 Å². The van der Waals surface area contributed by atoms with E-state index in [0.717, 1.165) is 12.8 Å². The molecule has 96 valence electrons. The van der Waals surface area contributed by atoms with Crippen molar-refractivity contribution >= 4 is 10.2 Å². The summed E-state index contributed by atoms with van der Waals surface area (Å²) in [5.41, 5.74) is 0. The fourth-order valence-corrected chi connectivity index (χ4v) is 2.99. The zero-order valence-electron chi connectivity index (χ0n) is 10.2. The van der Waals surface area contributed by atoms with Gasteiger partial charge >= 0.3 is 0 Å². The first-order chi connectivity index (χ1) is 7.38. The molecule has 1 aliphatic rings. The maximum absolute atomic E-state index is 11.9. The summed E-state index contributed by atoms with van der Waals surface area (Å²) >= 11 is 0. The molecule has 0 radical (unpaired) electrons. The van der Waals surface area contributed by atoms with Crippen LogP contribution >= 0.6 is 0 Å². The van der Waals surface area contributed by atoms with Gasteiger partial charge in [-0.3, -0.25) is 0 Å². The van der Waals surface area contributed by atoms with Crippen molar-refractivity contribution in [2.45, 2.75) is 45.2 Å². The highest BCUT2D eigenvalue weighted by atomic mass is 32.2. The number of rotatable bonds is 7. The van der Waals surface area contributed by atoms with Gasteiger partial charge in [0.2, 0.25) is 0 Å². The molecule has 1 unspecified atom stereocenters. The molecule has 0 amide bonds. The topological polar surface area (TPSA) is 69.6 Å². The van der Waals surface area contributed by atoms with Crippen molar-refractivity contribution in [3.05, 3.63) is 0 Å². The van der Waals surface area contributed by atoms with Crippen molar-refractivity contribution in [1.82, 2.24) is 9.03 Å². The molecule has 0 aromatic carbocycles. The van der Waals surface area contributed by atoms with Crippen LogP contribution in [0, 0.1) is 5.92 Å². The fraction of sp³-hybridized carbons (Fsp3) is 1.00. The molecule has 6 heteroatoms. The molecule has 0 heterocycles. The standard InChI is InChI=1S/C10H22N2O3S/c1-8(2)12(3)16(14,15)11-10(6-7-13)9-4-5-9/h8-11,13H,4-7H2,1-3H3. The molecule has 0 spiro atoms. The van der Waals surface area contributed by atoms with E-state index in [1.807, 2.05) is 13.8 Å². The first kappa shape index (κ1) is 13.9. The van der Waals surface area contributed by atoms with Crippen LogP contribution in [-0.2, 0) is 10.2 Å². The maximum atomic E-state index is 11.9. The number of nitrogens with zero attached hydrogens (tertiary/aromatic N) is 1. The highest BCUT2D eigenvalue weighted by Crippen LogP contribution is 2.34. The monoisotopic (exact) mass is 250 g/mol. The lowest BCUT2D eigenvalue weighted by atomic mass is 10.1. The Balaban J connectivity index is 2.61. The van der Waals surface area contributed by atoms with Gasteiger partial charge in [0.25, 0.3) is 10.2 Å². The van der Waals surface area contributed by atoms with Gasteiger partial charge in [-0.1, -0.05) is 0 Å². The van der Waals surface area contributed by atoms with Crippen LogP contribution in [0.1, 0.15) is 33.1 Å². The van der Waals surface area contributed by atoms with E-state index in [1.165, 1.54) is 4.31 Å². The number of nitrogens with one attached hydrogen (secondary N) is 1. The summed E-state index contributed by atoms with van der Waals surface area (Å²) in [5, 5.41) is 8.91. The molecule has 1 aliphatic carbocycles. The molecule has 0 bridgehead atoms. The predicted octanol–water partition coefficient (Wildman–Crippen LogP) is 0.322. The molecule has 0 saturated heterocycles. The van der Waals surface area contributed by atoms with E-state index >= 15 is 0 Å². The molecule has 2 N–H and O–H groups in total. The summed E-state index contributed by atoms with van der Waals surface area (Å²) in [6.45, 7) is 3.68. The lowest BCUT2D eigenvalue weighted by Gasteiger charge is -2.25. The van der Waals surface area contributed by atoms with Crippen molar-refractivity contribution < 1.29 is 13.5 Å². The SMILES string of the molecule is CC(C)N(C)S(=O)(=O)NC(CCO)C1CC1. The maximum Gasteiger partial charge on any atom is 0.279 e. The molecular formula is C10H22N2O3S. The van der Waals surface area contributed by atoms with Gasteiger partial charge in [0.05, 0.1) is 0 Å². The van der Waals surface area contributed by atoms with Gasteiger partial charge in [-0.05, 0) is 39.0 Å². The van der Waals surface area contributed by atoms with E-state index < -0.39 is 10.2 Å². The number of hydrogen-bond donors (Lipinski definition) is 2. The first-order valence-corrected chi connectivity index (χ1v) is 7.18. The third kappa shape index (κ3) is 3.69. The van der Waals surface area contributed by atoms with Gasteiger partial charge in [0, 0.05) is 25.7 Å². The summed E-state index contributed by atoms with van der Waals surface area (Å²) in [5.74, 6) is 0.405. The second-order valence-corrected chi connectivity index (χ2v) is 6.45. The Kier molecular flexibility index (Phi) is 4.73. The van der Waals surface area contributed by atoms with Crippen LogP contribution in [0.15, 0.2) is 0 Å². The molecule has 16 heavy (non-hydrogen) atoms. The molecular weight excluding hydrogens is 228 g/mol. The molecule has 1 atom stereocenters. The lowest BCUT2D eigenvalue weighted by Crippen LogP contribution is -2.47. The molecule has 0 aliphatic heterocycles. The van der Waals surface area contributed by atoms with E-state index in [0.29, 0.717) is 12.3 Å². The fourth-order valence-electron chi connectivity index (χ4n) is 1.58. The van der Waals surface area contributed by atoms with Gasteiger partial charge < -0.3 is 5.11 Å². The summed E-state index contributed by atoms with van der Waals surface area (Å²) < 4.78 is 27.8. The van der Waals surface area contributed by atoms with Gasteiger partial charge in [-0.2, -0.15) is 17.4 Å². The number of aliphatic hydroxyl groups is 1. The highest BCUT2D eigenvalue weighted by molar-refractivity contribution is 7.87. The van der Waals surface area contributed by atoms with E-state index in [1.54, 1.807) is 7.05 Å². The Hall–Kier alpha value is -0.170. The molecule has 0 aromatic rings. The van der Waals surface area contributed by atoms with E-state index in [-0.39, 0.29) is 18.7 Å². The van der Waals surface area contributed by atoms with Crippen LogP contribution in [0.2, 0.25) is 0 Å². The van der Waals surface area contributed by atoms with Crippen molar-refractivity contribution in [1.29, 1.82) is 0 Å². The smallest absolute Gasteiger partial charge is 0.279 e. The van der Waals surface area contributed by atoms with Crippen LogP contribution in [0.3, 0.4) is 0 Å². The van der Waals surface area contributed by atoms with Crippen LogP contribution in [0.25, 0.3) is 0 Å². The quantitative estimate of drug-likeness (QED) is 0.684. The Bertz CT molecular complexity index is 312. The van der Waals surface area contributed by atoms with E-state index in [2.05, 4.69) is 4.72 Å². The third-order valence-electron chi connectivity index (χ3n) is 3.04.